The van der Waals surface area contributed by atoms with E-state index in [0.29, 0.717) is 12.8 Å². The van der Waals surface area contributed by atoms with Gasteiger partial charge in [0.05, 0.1) is 12.1 Å². The molecule has 1 aromatic carbocycles. The standard InChI is InChI=1S/C14H17ClFNO3/c1-4-7-14(2,13(19)20-3)17-12(18)9-5-6-10(15)11(16)8-9/h5-6,8H,4,7H2,1-3H3,(H,17,18). The third-order valence-electron chi connectivity index (χ3n) is 2.96. The molecule has 1 rings (SSSR count). The van der Waals surface area contributed by atoms with Gasteiger partial charge in [-0.05, 0) is 31.5 Å². The number of nitrogens with one attached hydrogen (secondary N) is 1. The van der Waals surface area contributed by atoms with Gasteiger partial charge in [-0.3, -0.25) is 4.79 Å². The SMILES string of the molecule is CCCC(C)(NC(=O)c1ccc(Cl)c(F)c1)C(=O)OC. The van der Waals surface area contributed by atoms with Gasteiger partial charge in [-0.1, -0.05) is 24.9 Å². The van der Waals surface area contributed by atoms with E-state index in [2.05, 4.69) is 5.32 Å². The number of halogens is 2. The summed E-state index contributed by atoms with van der Waals surface area (Å²) in [5, 5.41) is 2.52. The smallest absolute Gasteiger partial charge is 0.331 e. The van der Waals surface area contributed by atoms with Gasteiger partial charge in [-0.15, -0.1) is 0 Å². The van der Waals surface area contributed by atoms with Crippen LogP contribution in [0, 0.1) is 5.82 Å². The first kappa shape index (κ1) is 16.4. The molecule has 1 aromatic rings. The molecule has 0 saturated carbocycles. The summed E-state index contributed by atoms with van der Waals surface area (Å²) < 4.78 is 18.0. The number of hydrogen-bond donors (Lipinski definition) is 1. The molecule has 1 atom stereocenters. The predicted molar refractivity (Wildman–Crippen MR) is 74.2 cm³/mol. The monoisotopic (exact) mass is 301 g/mol. The molecule has 1 amide bonds. The zero-order valence-corrected chi connectivity index (χ0v) is 12.4. The molecule has 0 aliphatic heterocycles. The molecule has 1 N–H and O–H groups in total. The third kappa shape index (κ3) is 3.70. The second-order valence-electron chi connectivity index (χ2n) is 4.66. The molecule has 0 bridgehead atoms. The minimum Gasteiger partial charge on any atom is -0.467 e. The Hall–Kier alpha value is -1.62. The number of hydrogen-bond acceptors (Lipinski definition) is 3. The quantitative estimate of drug-likeness (QED) is 0.851. The molecule has 0 aromatic heterocycles. The van der Waals surface area contributed by atoms with E-state index < -0.39 is 23.2 Å². The third-order valence-corrected chi connectivity index (χ3v) is 3.26. The van der Waals surface area contributed by atoms with Crippen molar-refractivity contribution in [3.8, 4) is 0 Å². The number of carbonyl (C=O) groups excluding carboxylic acids is 2. The fourth-order valence-corrected chi connectivity index (χ4v) is 2.02. The molecule has 0 saturated heterocycles. The molecule has 6 heteroatoms. The van der Waals surface area contributed by atoms with Crippen molar-refractivity contribution in [3.63, 3.8) is 0 Å². The number of carbonyl (C=O) groups is 2. The fourth-order valence-electron chi connectivity index (χ4n) is 1.90. The Morgan fingerprint density at radius 2 is 2.10 bits per heavy atom. The largest absolute Gasteiger partial charge is 0.467 e. The van der Waals surface area contributed by atoms with E-state index in [0.717, 1.165) is 6.07 Å². The lowest BCUT2D eigenvalue weighted by atomic mass is 9.95. The molecule has 4 nitrogen and oxygen atoms in total. The van der Waals surface area contributed by atoms with Crippen LogP contribution in [0.3, 0.4) is 0 Å². The Kier molecular flexibility index (Phi) is 5.51. The molecule has 0 fully saturated rings. The van der Waals surface area contributed by atoms with Crippen molar-refractivity contribution in [2.24, 2.45) is 0 Å². The van der Waals surface area contributed by atoms with Crippen LogP contribution in [0.25, 0.3) is 0 Å². The number of ether oxygens (including phenoxy) is 1. The zero-order chi connectivity index (χ0) is 15.3. The lowest BCUT2D eigenvalue weighted by Crippen LogP contribution is -2.52. The van der Waals surface area contributed by atoms with E-state index in [-0.39, 0.29) is 10.6 Å². The highest BCUT2D eigenvalue weighted by Gasteiger charge is 2.35. The summed E-state index contributed by atoms with van der Waals surface area (Å²) in [5.41, 5.74) is -1.05. The molecule has 1 unspecified atom stereocenters. The highest BCUT2D eigenvalue weighted by Crippen LogP contribution is 2.18. The first-order valence-corrected chi connectivity index (χ1v) is 6.58. The van der Waals surface area contributed by atoms with E-state index >= 15 is 0 Å². The second kappa shape index (κ2) is 6.70. The van der Waals surface area contributed by atoms with Gasteiger partial charge >= 0.3 is 5.97 Å². The highest BCUT2D eigenvalue weighted by atomic mass is 35.5. The van der Waals surface area contributed by atoms with Crippen molar-refractivity contribution in [1.82, 2.24) is 5.32 Å². The lowest BCUT2D eigenvalue weighted by Gasteiger charge is -2.27. The average molecular weight is 302 g/mol. The summed E-state index contributed by atoms with van der Waals surface area (Å²) in [7, 11) is 1.25. The van der Waals surface area contributed by atoms with Crippen LogP contribution in [0.4, 0.5) is 4.39 Å². The van der Waals surface area contributed by atoms with E-state index in [1.54, 1.807) is 6.92 Å². The van der Waals surface area contributed by atoms with Crippen LogP contribution in [0.1, 0.15) is 37.0 Å². The summed E-state index contributed by atoms with van der Waals surface area (Å²) in [5.74, 6) is -1.78. The number of rotatable bonds is 5. The van der Waals surface area contributed by atoms with Gasteiger partial charge in [0.15, 0.2) is 0 Å². The molecular weight excluding hydrogens is 285 g/mol. The predicted octanol–water partition coefficient (Wildman–Crippen LogP) is 2.94. The number of esters is 1. The Bertz CT molecular complexity index is 521. The van der Waals surface area contributed by atoms with E-state index in [1.165, 1.54) is 19.2 Å². The van der Waals surface area contributed by atoms with Crippen LogP contribution in [0.15, 0.2) is 18.2 Å². The van der Waals surface area contributed by atoms with Crippen molar-refractivity contribution < 1.29 is 18.7 Å². The van der Waals surface area contributed by atoms with Gasteiger partial charge < -0.3 is 10.1 Å². The Labute approximate surface area is 122 Å². The number of amides is 1. The van der Waals surface area contributed by atoms with Crippen molar-refractivity contribution in [3.05, 3.63) is 34.6 Å². The van der Waals surface area contributed by atoms with Crippen LogP contribution < -0.4 is 5.32 Å². The topological polar surface area (TPSA) is 55.4 Å². The molecule has 0 spiro atoms. The molecule has 0 aliphatic carbocycles. The molecule has 20 heavy (non-hydrogen) atoms. The number of methoxy groups -OCH3 is 1. The Morgan fingerprint density at radius 1 is 1.45 bits per heavy atom. The van der Waals surface area contributed by atoms with E-state index in [1.807, 2.05) is 6.92 Å². The summed E-state index contributed by atoms with van der Waals surface area (Å²) in [4.78, 5) is 23.9. The van der Waals surface area contributed by atoms with Gasteiger partial charge in [0, 0.05) is 5.56 Å². The van der Waals surface area contributed by atoms with Crippen LogP contribution in [-0.2, 0) is 9.53 Å². The van der Waals surface area contributed by atoms with Crippen LogP contribution in [-0.4, -0.2) is 24.5 Å². The second-order valence-corrected chi connectivity index (χ2v) is 5.06. The zero-order valence-electron chi connectivity index (χ0n) is 11.6. The van der Waals surface area contributed by atoms with Gasteiger partial charge in [-0.2, -0.15) is 0 Å². The maximum absolute atomic E-state index is 13.3. The van der Waals surface area contributed by atoms with Crippen LogP contribution in [0.2, 0.25) is 5.02 Å². The maximum Gasteiger partial charge on any atom is 0.331 e. The van der Waals surface area contributed by atoms with Gasteiger partial charge in [0.2, 0.25) is 0 Å². The first-order valence-electron chi connectivity index (χ1n) is 6.20. The van der Waals surface area contributed by atoms with Crippen molar-refractivity contribution in [2.75, 3.05) is 7.11 Å². The minimum atomic E-state index is -1.14. The summed E-state index contributed by atoms with van der Waals surface area (Å²) in [6.45, 7) is 3.46. The normalized spacial score (nSPS) is 13.4. The average Bonchev–Trinajstić information content (AvgIpc) is 2.40. The van der Waals surface area contributed by atoms with Crippen LogP contribution >= 0.6 is 11.6 Å². The number of benzene rings is 1. The van der Waals surface area contributed by atoms with Gasteiger partial charge in [-0.25, -0.2) is 9.18 Å². The van der Waals surface area contributed by atoms with E-state index in [9.17, 15) is 14.0 Å². The van der Waals surface area contributed by atoms with Crippen LogP contribution in [0.5, 0.6) is 0 Å². The van der Waals surface area contributed by atoms with Gasteiger partial charge in [0.25, 0.3) is 5.91 Å². The fraction of sp³-hybridized carbons (Fsp3) is 0.429. The Balaban J connectivity index is 2.96. The Morgan fingerprint density at radius 3 is 2.60 bits per heavy atom. The highest BCUT2D eigenvalue weighted by molar-refractivity contribution is 6.30. The van der Waals surface area contributed by atoms with Gasteiger partial charge in [0.1, 0.15) is 11.4 Å². The van der Waals surface area contributed by atoms with Crippen molar-refractivity contribution in [2.45, 2.75) is 32.2 Å². The molecule has 0 radical (unpaired) electrons. The summed E-state index contributed by atoms with van der Waals surface area (Å²) >= 11 is 5.56. The van der Waals surface area contributed by atoms with E-state index in [4.69, 9.17) is 16.3 Å². The minimum absolute atomic E-state index is 0.0640. The lowest BCUT2D eigenvalue weighted by molar-refractivity contribution is -0.147. The van der Waals surface area contributed by atoms with Crippen molar-refractivity contribution >= 4 is 23.5 Å². The summed E-state index contributed by atoms with van der Waals surface area (Å²) in [6, 6.07) is 3.72. The maximum atomic E-state index is 13.3. The molecule has 0 heterocycles. The first-order chi connectivity index (χ1) is 9.34. The molecule has 0 aliphatic rings. The molecular formula is C14H17ClFNO3. The summed E-state index contributed by atoms with van der Waals surface area (Å²) in [6.07, 6.45) is 1.10. The molecule has 110 valence electrons. The van der Waals surface area contributed by atoms with Crippen molar-refractivity contribution in [1.29, 1.82) is 0 Å².